The molecule has 1 aliphatic heterocycles. The Balaban J connectivity index is 1.54. The fourth-order valence-electron chi connectivity index (χ4n) is 4.79. The second-order valence-electron chi connectivity index (χ2n) is 9.66. The van der Waals surface area contributed by atoms with Crippen LogP contribution in [0.3, 0.4) is 0 Å². The molecule has 8 nitrogen and oxygen atoms in total. The average molecular weight is 580 g/mol. The fraction of sp³-hybridized carbons (Fsp3) is 0.385. The Kier molecular flexibility index (Phi) is 7.53. The molecule has 13 heteroatoms. The van der Waals surface area contributed by atoms with Crippen LogP contribution in [0.25, 0.3) is 21.5 Å². The van der Waals surface area contributed by atoms with E-state index in [1.165, 1.54) is 17.7 Å². The first kappa shape index (κ1) is 27.4. The van der Waals surface area contributed by atoms with E-state index in [0.717, 1.165) is 48.3 Å². The van der Waals surface area contributed by atoms with Crippen LogP contribution in [0.2, 0.25) is 5.02 Å². The first-order chi connectivity index (χ1) is 18.5. The van der Waals surface area contributed by atoms with Crippen molar-refractivity contribution in [2.45, 2.75) is 45.1 Å². The summed E-state index contributed by atoms with van der Waals surface area (Å²) < 4.78 is 47.1. The molecule has 1 atom stereocenters. The van der Waals surface area contributed by atoms with E-state index in [1.807, 2.05) is 13.0 Å². The molecular formula is C26H25ClF3N5O3S. The summed E-state index contributed by atoms with van der Waals surface area (Å²) >= 11 is 7.69. The van der Waals surface area contributed by atoms with Crippen LogP contribution in [0.15, 0.2) is 46.4 Å². The van der Waals surface area contributed by atoms with Gasteiger partial charge in [-0.3, -0.25) is 13.9 Å². The van der Waals surface area contributed by atoms with Crippen molar-refractivity contribution < 1.29 is 17.9 Å². The molecule has 1 saturated heterocycles. The molecule has 0 spiro atoms. The minimum absolute atomic E-state index is 0.00225. The van der Waals surface area contributed by atoms with Crippen LogP contribution >= 0.6 is 22.9 Å². The van der Waals surface area contributed by atoms with Crippen LogP contribution in [-0.2, 0) is 13.1 Å². The van der Waals surface area contributed by atoms with Crippen LogP contribution in [0.5, 0.6) is 5.75 Å². The van der Waals surface area contributed by atoms with Crippen molar-refractivity contribution in [3.8, 4) is 17.0 Å². The smallest absolute Gasteiger partial charge is 0.406 e. The molecule has 5 rings (SSSR count). The van der Waals surface area contributed by atoms with Crippen molar-refractivity contribution in [3.05, 3.63) is 73.1 Å². The number of hydrogen-bond donors (Lipinski definition) is 0. The molecule has 0 bridgehead atoms. The van der Waals surface area contributed by atoms with Crippen molar-refractivity contribution in [2.24, 2.45) is 0 Å². The Hall–Kier alpha value is -3.22. The highest BCUT2D eigenvalue weighted by Crippen LogP contribution is 2.41. The zero-order chi connectivity index (χ0) is 27.9. The molecule has 1 aliphatic rings. The van der Waals surface area contributed by atoms with Crippen LogP contribution in [0.4, 0.5) is 13.2 Å². The molecule has 1 aromatic carbocycles. The molecule has 4 heterocycles. The number of rotatable bonds is 6. The maximum atomic E-state index is 12.9. The van der Waals surface area contributed by atoms with Gasteiger partial charge in [0.15, 0.2) is 0 Å². The molecule has 0 radical (unpaired) electrons. The molecule has 3 aromatic heterocycles. The van der Waals surface area contributed by atoms with Gasteiger partial charge in [0.1, 0.15) is 24.7 Å². The number of likely N-dealkylation sites (tertiary alicyclic amines) is 1. The summed E-state index contributed by atoms with van der Waals surface area (Å²) in [7, 11) is 2.06. The third-order valence-corrected chi connectivity index (χ3v) is 7.86. The normalized spacial score (nSPS) is 16.6. The zero-order valence-electron chi connectivity index (χ0n) is 21.2. The average Bonchev–Trinajstić information content (AvgIpc) is 3.27. The Morgan fingerprint density at radius 1 is 1.21 bits per heavy atom. The van der Waals surface area contributed by atoms with Gasteiger partial charge in [-0.2, -0.15) is 13.2 Å². The zero-order valence-corrected chi connectivity index (χ0v) is 22.7. The molecular weight excluding hydrogens is 555 g/mol. The highest BCUT2D eigenvalue weighted by molar-refractivity contribution is 7.19. The highest BCUT2D eigenvalue weighted by atomic mass is 35.5. The highest BCUT2D eigenvalue weighted by Gasteiger charge is 2.29. The lowest BCUT2D eigenvalue weighted by Crippen LogP contribution is -2.41. The van der Waals surface area contributed by atoms with Crippen molar-refractivity contribution in [1.82, 2.24) is 24.0 Å². The molecule has 0 saturated carbocycles. The first-order valence-electron chi connectivity index (χ1n) is 12.2. The van der Waals surface area contributed by atoms with Gasteiger partial charge >= 0.3 is 11.9 Å². The van der Waals surface area contributed by atoms with E-state index in [-0.39, 0.29) is 12.6 Å². The van der Waals surface area contributed by atoms with Crippen LogP contribution in [0.1, 0.15) is 23.3 Å². The first-order valence-corrected chi connectivity index (χ1v) is 13.4. The molecule has 206 valence electrons. The van der Waals surface area contributed by atoms with Crippen LogP contribution in [0, 0.1) is 6.92 Å². The largest absolute Gasteiger partial charge is 0.488 e. The molecule has 4 aromatic rings. The Morgan fingerprint density at radius 2 is 2.00 bits per heavy atom. The van der Waals surface area contributed by atoms with Gasteiger partial charge in [-0.05, 0) is 57.1 Å². The summed E-state index contributed by atoms with van der Waals surface area (Å²) in [6, 6.07) is 6.27. The van der Waals surface area contributed by atoms with E-state index in [2.05, 4.69) is 21.9 Å². The number of fused-ring (bicyclic) bond motifs is 1. The van der Waals surface area contributed by atoms with Crippen LogP contribution < -0.4 is 16.0 Å². The van der Waals surface area contributed by atoms with Gasteiger partial charge in [0.2, 0.25) is 0 Å². The summed E-state index contributed by atoms with van der Waals surface area (Å²) in [5.41, 5.74) is 0.966. The molecule has 1 fully saturated rings. The quantitative estimate of drug-likeness (QED) is 0.329. The summed E-state index contributed by atoms with van der Waals surface area (Å²) in [6.07, 6.45) is -0.382. The molecule has 39 heavy (non-hydrogen) atoms. The standard InChI is InChI=1S/C26H25ClF3N5O3S/c1-15-8-16(27)9-19(23(15)38-17-4-3-6-33(2)11-17)22-24-20(31-14-32-22)10-18(39-24)12-35-21(36)5-7-34(25(35)37)13-26(28,29)30/h5,7-10,14,17H,3-4,6,11-13H2,1-2H3/t17-/m0/s1. The van der Waals surface area contributed by atoms with E-state index in [0.29, 0.717) is 41.7 Å². The number of benzene rings is 1. The van der Waals surface area contributed by atoms with E-state index < -0.39 is 24.0 Å². The van der Waals surface area contributed by atoms with Gasteiger partial charge in [0.25, 0.3) is 5.56 Å². The van der Waals surface area contributed by atoms with E-state index >= 15 is 0 Å². The van der Waals surface area contributed by atoms with Gasteiger partial charge in [0, 0.05) is 34.3 Å². The number of ether oxygens (including phenoxy) is 1. The van der Waals surface area contributed by atoms with E-state index in [9.17, 15) is 22.8 Å². The lowest BCUT2D eigenvalue weighted by molar-refractivity contribution is -0.141. The van der Waals surface area contributed by atoms with Crippen LogP contribution in [-0.4, -0.2) is 56.4 Å². The number of halogens is 4. The summed E-state index contributed by atoms with van der Waals surface area (Å²) in [6.45, 7) is 2.04. The number of likely N-dealkylation sites (N-methyl/N-ethyl adjacent to an activating group) is 1. The fourth-order valence-corrected chi connectivity index (χ4v) is 6.16. The number of aromatic nitrogens is 4. The maximum Gasteiger partial charge on any atom is 0.406 e. The number of hydrogen-bond acceptors (Lipinski definition) is 7. The minimum Gasteiger partial charge on any atom is -0.488 e. The van der Waals surface area contributed by atoms with Gasteiger partial charge in [-0.15, -0.1) is 11.3 Å². The van der Waals surface area contributed by atoms with Crippen molar-refractivity contribution >= 4 is 33.2 Å². The van der Waals surface area contributed by atoms with Gasteiger partial charge in [0.05, 0.1) is 22.5 Å². The second-order valence-corrected chi connectivity index (χ2v) is 11.2. The number of alkyl halides is 3. The lowest BCUT2D eigenvalue weighted by atomic mass is 10.0. The number of aryl methyl sites for hydroxylation is 1. The predicted molar refractivity (Wildman–Crippen MR) is 144 cm³/mol. The van der Waals surface area contributed by atoms with Gasteiger partial charge in [-0.25, -0.2) is 14.8 Å². The Labute approximate surface area is 230 Å². The maximum absolute atomic E-state index is 12.9. The van der Waals surface area contributed by atoms with E-state index in [4.69, 9.17) is 16.3 Å². The van der Waals surface area contributed by atoms with Crippen molar-refractivity contribution in [3.63, 3.8) is 0 Å². The number of thiophene rings is 1. The second kappa shape index (κ2) is 10.7. The molecule has 0 amide bonds. The number of nitrogens with zero attached hydrogens (tertiary/aromatic N) is 5. The third-order valence-electron chi connectivity index (χ3n) is 6.53. The summed E-state index contributed by atoms with van der Waals surface area (Å²) in [5, 5.41) is 0.514. The van der Waals surface area contributed by atoms with Crippen molar-refractivity contribution in [1.29, 1.82) is 0 Å². The number of piperidine rings is 1. The Bertz CT molecular complexity index is 1650. The minimum atomic E-state index is -4.60. The van der Waals surface area contributed by atoms with Crippen molar-refractivity contribution in [2.75, 3.05) is 20.1 Å². The SMILES string of the molecule is Cc1cc(Cl)cc(-c2ncnc3cc(Cn4c(=O)ccn(CC(F)(F)F)c4=O)sc23)c1O[C@H]1CCCN(C)C1. The molecule has 0 N–H and O–H groups in total. The predicted octanol–water partition coefficient (Wildman–Crippen LogP) is 4.73. The van der Waals surface area contributed by atoms with Gasteiger partial charge < -0.3 is 9.64 Å². The molecule has 0 aliphatic carbocycles. The summed E-state index contributed by atoms with van der Waals surface area (Å²) in [5.74, 6) is 0.670. The van der Waals surface area contributed by atoms with E-state index in [1.54, 1.807) is 12.1 Å². The lowest BCUT2D eigenvalue weighted by Gasteiger charge is -2.31. The monoisotopic (exact) mass is 579 g/mol. The topological polar surface area (TPSA) is 82.2 Å². The Morgan fingerprint density at radius 3 is 2.74 bits per heavy atom. The summed E-state index contributed by atoms with van der Waals surface area (Å²) in [4.78, 5) is 36.7. The molecule has 0 unspecified atom stereocenters. The third kappa shape index (κ3) is 6.02. The van der Waals surface area contributed by atoms with Gasteiger partial charge in [-0.1, -0.05) is 11.6 Å².